The van der Waals surface area contributed by atoms with Gasteiger partial charge in [-0.25, -0.2) is 0 Å². The molecule has 0 saturated carbocycles. The van der Waals surface area contributed by atoms with Gasteiger partial charge in [-0.15, -0.1) is 4.72 Å². The highest BCUT2D eigenvalue weighted by molar-refractivity contribution is 7.90. The van der Waals surface area contributed by atoms with Crippen molar-refractivity contribution in [3.8, 4) is 0 Å². The average Bonchev–Trinajstić information content (AvgIpc) is 2.08. The highest BCUT2D eigenvalue weighted by atomic mass is 32.2. The molecule has 0 aromatic rings. The highest BCUT2D eigenvalue weighted by Crippen LogP contribution is 2.27. The smallest absolute Gasteiger partial charge is 0.188 e. The summed E-state index contributed by atoms with van der Waals surface area (Å²) in [6, 6.07) is 1.20. The van der Waals surface area contributed by atoms with Gasteiger partial charge in [-0.3, -0.25) is 0 Å². The average molecular weight is 322 g/mol. The summed E-state index contributed by atoms with van der Waals surface area (Å²) in [7, 11) is -1.75. The van der Waals surface area contributed by atoms with Crippen molar-refractivity contribution in [1.82, 2.24) is 4.72 Å². The fraction of sp³-hybridized carbons (Fsp3) is 1.00. The minimum absolute atomic E-state index is 0.226. The second-order valence-corrected chi connectivity index (χ2v) is 13.7. The predicted octanol–water partition coefficient (Wildman–Crippen LogP) is 2.68. The SMILES string of the molecule is CC(C)O[Si](C)(C)CC(N[S@@+]([O-])C(C)(C)C)C1COC1. The van der Waals surface area contributed by atoms with Crippen LogP contribution in [0.1, 0.15) is 34.6 Å². The lowest BCUT2D eigenvalue weighted by Crippen LogP contribution is -2.55. The lowest BCUT2D eigenvalue weighted by molar-refractivity contribution is -0.0440. The first-order valence-corrected chi connectivity index (χ1v) is 11.7. The van der Waals surface area contributed by atoms with Crippen LogP contribution in [0, 0.1) is 5.92 Å². The minimum atomic E-state index is -1.75. The van der Waals surface area contributed by atoms with Crippen molar-refractivity contribution in [2.75, 3.05) is 13.2 Å². The van der Waals surface area contributed by atoms with Gasteiger partial charge in [-0.05, 0) is 53.8 Å². The first-order chi connectivity index (χ1) is 9.01. The molecule has 0 bridgehead atoms. The van der Waals surface area contributed by atoms with Crippen molar-refractivity contribution in [2.24, 2.45) is 5.92 Å². The Labute approximate surface area is 128 Å². The van der Waals surface area contributed by atoms with E-state index in [1.807, 2.05) is 20.8 Å². The maximum absolute atomic E-state index is 12.4. The van der Waals surface area contributed by atoms with Crippen molar-refractivity contribution < 1.29 is 13.7 Å². The van der Waals surface area contributed by atoms with E-state index in [-0.39, 0.29) is 16.9 Å². The molecule has 1 unspecified atom stereocenters. The molecule has 0 radical (unpaired) electrons. The van der Waals surface area contributed by atoms with E-state index in [0.717, 1.165) is 19.3 Å². The third kappa shape index (κ3) is 6.03. The van der Waals surface area contributed by atoms with E-state index in [2.05, 4.69) is 31.7 Å². The first-order valence-electron chi connectivity index (χ1n) is 7.45. The Morgan fingerprint density at radius 2 is 1.90 bits per heavy atom. The van der Waals surface area contributed by atoms with E-state index in [9.17, 15) is 4.55 Å². The normalized spacial score (nSPS) is 20.9. The van der Waals surface area contributed by atoms with E-state index in [1.165, 1.54) is 0 Å². The van der Waals surface area contributed by atoms with Crippen molar-refractivity contribution in [3.05, 3.63) is 0 Å². The molecule has 0 amide bonds. The Morgan fingerprint density at radius 3 is 2.25 bits per heavy atom. The van der Waals surface area contributed by atoms with Gasteiger partial charge in [-0.1, -0.05) is 0 Å². The van der Waals surface area contributed by atoms with Crippen molar-refractivity contribution in [1.29, 1.82) is 0 Å². The minimum Gasteiger partial charge on any atom is -0.598 e. The van der Waals surface area contributed by atoms with Crippen LogP contribution in [0.25, 0.3) is 0 Å². The summed E-state index contributed by atoms with van der Waals surface area (Å²) in [5, 5.41) is 0. The zero-order valence-electron chi connectivity index (χ0n) is 14.0. The van der Waals surface area contributed by atoms with Crippen LogP contribution in [0.15, 0.2) is 0 Å². The quantitative estimate of drug-likeness (QED) is 0.578. The lowest BCUT2D eigenvalue weighted by atomic mass is 10.0. The van der Waals surface area contributed by atoms with Gasteiger partial charge < -0.3 is 13.7 Å². The summed E-state index contributed by atoms with van der Waals surface area (Å²) >= 11 is -1.04. The van der Waals surface area contributed by atoms with Gasteiger partial charge in [0.25, 0.3) is 0 Å². The topological polar surface area (TPSA) is 53.5 Å². The molecule has 1 saturated heterocycles. The Balaban J connectivity index is 2.65. The second kappa shape index (κ2) is 7.11. The summed E-state index contributed by atoms with van der Waals surface area (Å²) < 4.78 is 26.9. The Kier molecular flexibility index (Phi) is 6.56. The summed E-state index contributed by atoms with van der Waals surface area (Å²) in [5.41, 5.74) is 0. The van der Waals surface area contributed by atoms with Crippen LogP contribution in [-0.4, -0.2) is 43.0 Å². The molecule has 120 valence electrons. The first kappa shape index (κ1) is 18.5. The molecule has 0 aromatic carbocycles. The Hall–Kier alpha value is 0.407. The fourth-order valence-corrected chi connectivity index (χ4v) is 6.24. The van der Waals surface area contributed by atoms with Crippen molar-refractivity contribution in [2.45, 2.75) is 70.6 Å². The highest BCUT2D eigenvalue weighted by Gasteiger charge is 2.40. The van der Waals surface area contributed by atoms with E-state index < -0.39 is 19.7 Å². The molecule has 1 rings (SSSR count). The van der Waals surface area contributed by atoms with Gasteiger partial charge in [0.2, 0.25) is 0 Å². The van der Waals surface area contributed by atoms with E-state index in [0.29, 0.717) is 5.92 Å². The molecule has 1 N–H and O–H groups in total. The maximum atomic E-state index is 12.4. The number of nitrogens with one attached hydrogen (secondary N) is 1. The third-order valence-electron chi connectivity index (χ3n) is 3.31. The lowest BCUT2D eigenvalue weighted by Gasteiger charge is -2.39. The summed E-state index contributed by atoms with van der Waals surface area (Å²) in [5.74, 6) is 0.462. The van der Waals surface area contributed by atoms with Gasteiger partial charge >= 0.3 is 0 Å². The van der Waals surface area contributed by atoms with Gasteiger partial charge in [0.05, 0.1) is 19.3 Å². The summed E-state index contributed by atoms with van der Waals surface area (Å²) in [6.45, 7) is 16.2. The molecule has 0 spiro atoms. The van der Waals surface area contributed by atoms with Crippen LogP contribution < -0.4 is 4.72 Å². The molecule has 2 atom stereocenters. The van der Waals surface area contributed by atoms with Crippen LogP contribution in [0.2, 0.25) is 19.1 Å². The summed E-state index contributed by atoms with van der Waals surface area (Å²) in [6.07, 6.45) is 0.253. The van der Waals surface area contributed by atoms with Crippen LogP contribution in [-0.2, 0) is 20.5 Å². The van der Waals surface area contributed by atoms with Crippen molar-refractivity contribution >= 4 is 19.7 Å². The van der Waals surface area contributed by atoms with E-state index in [1.54, 1.807) is 0 Å². The van der Waals surface area contributed by atoms with Gasteiger partial charge in [-0.2, -0.15) is 0 Å². The number of hydrogen-bond donors (Lipinski definition) is 1. The second-order valence-electron chi connectivity index (χ2n) is 7.53. The zero-order valence-corrected chi connectivity index (χ0v) is 15.8. The maximum Gasteiger partial charge on any atom is 0.188 e. The van der Waals surface area contributed by atoms with Gasteiger partial charge in [0.15, 0.2) is 8.32 Å². The number of rotatable bonds is 7. The van der Waals surface area contributed by atoms with Gasteiger partial charge in [0.1, 0.15) is 4.75 Å². The monoisotopic (exact) mass is 321 g/mol. The van der Waals surface area contributed by atoms with Crippen LogP contribution >= 0.6 is 0 Å². The number of ether oxygens (including phenoxy) is 1. The largest absolute Gasteiger partial charge is 0.598 e. The van der Waals surface area contributed by atoms with E-state index >= 15 is 0 Å². The number of hydrogen-bond acceptors (Lipinski definition) is 4. The van der Waals surface area contributed by atoms with Crippen LogP contribution in [0.5, 0.6) is 0 Å². The summed E-state index contributed by atoms with van der Waals surface area (Å²) in [4.78, 5) is 0. The molecule has 0 aromatic heterocycles. The van der Waals surface area contributed by atoms with E-state index in [4.69, 9.17) is 9.16 Å². The molecular weight excluding hydrogens is 290 g/mol. The predicted molar refractivity (Wildman–Crippen MR) is 87.6 cm³/mol. The molecule has 1 aliphatic rings. The molecule has 20 heavy (non-hydrogen) atoms. The standard InChI is InChI=1S/C14H31NO3SSi/c1-11(2)18-20(6,7)10-13(12-8-17-9-12)15-19(16)14(3,4)5/h11-13,15H,8-10H2,1-7H3/t13?,19-/m0/s1. The molecule has 1 heterocycles. The zero-order chi connectivity index (χ0) is 15.6. The van der Waals surface area contributed by atoms with Crippen LogP contribution in [0.3, 0.4) is 0 Å². The Bertz CT molecular complexity index is 303. The van der Waals surface area contributed by atoms with Crippen LogP contribution in [0.4, 0.5) is 0 Å². The molecule has 1 aliphatic heterocycles. The molecule has 4 nitrogen and oxygen atoms in total. The third-order valence-corrected chi connectivity index (χ3v) is 7.48. The molecular formula is C14H31NO3SSi. The molecule has 6 heteroatoms. The van der Waals surface area contributed by atoms with Gasteiger partial charge in [0, 0.05) is 23.4 Å². The van der Waals surface area contributed by atoms with Crippen molar-refractivity contribution in [3.63, 3.8) is 0 Å². The fourth-order valence-electron chi connectivity index (χ4n) is 2.32. The Morgan fingerprint density at radius 1 is 1.35 bits per heavy atom. The molecule has 1 fully saturated rings. The molecule has 0 aliphatic carbocycles.